The fraction of sp³-hybridized carbons (Fsp3) is 0.500. The van der Waals surface area contributed by atoms with E-state index >= 15 is 0 Å². The summed E-state index contributed by atoms with van der Waals surface area (Å²) in [4.78, 5) is 4.18. The van der Waals surface area contributed by atoms with Gasteiger partial charge in [-0.1, -0.05) is 17.5 Å². The van der Waals surface area contributed by atoms with Gasteiger partial charge in [0.05, 0.1) is 0 Å². The second-order valence-electron chi connectivity index (χ2n) is 4.23. The lowest BCUT2D eigenvalue weighted by Gasteiger charge is -2.21. The standard InChI is InChI=1S/C14H16ClNO2/c1-11-10-16-12(9-13(11)15)5-4-8-18-14-6-2-3-7-17-14/h9-10,14H,2-3,6-8H2,1H3. The number of rotatable bonds is 2. The first-order valence-electron chi connectivity index (χ1n) is 6.10. The van der Waals surface area contributed by atoms with Crippen LogP contribution in [-0.4, -0.2) is 24.5 Å². The molecule has 18 heavy (non-hydrogen) atoms. The second-order valence-corrected chi connectivity index (χ2v) is 4.63. The number of aromatic nitrogens is 1. The molecule has 0 saturated carbocycles. The largest absolute Gasteiger partial charge is 0.353 e. The highest BCUT2D eigenvalue weighted by Gasteiger charge is 2.12. The second kappa shape index (κ2) is 6.75. The highest BCUT2D eigenvalue weighted by Crippen LogP contribution is 2.14. The highest BCUT2D eigenvalue weighted by atomic mass is 35.5. The molecule has 0 radical (unpaired) electrons. The van der Waals surface area contributed by atoms with E-state index in [0.717, 1.165) is 31.4 Å². The van der Waals surface area contributed by atoms with Crippen LogP contribution in [0.3, 0.4) is 0 Å². The topological polar surface area (TPSA) is 31.4 Å². The molecule has 1 unspecified atom stereocenters. The Morgan fingerprint density at radius 2 is 2.44 bits per heavy atom. The molecule has 1 fully saturated rings. The van der Waals surface area contributed by atoms with Gasteiger partial charge in [0.15, 0.2) is 6.29 Å². The third-order valence-corrected chi connectivity index (χ3v) is 3.14. The number of hydrogen-bond donors (Lipinski definition) is 0. The summed E-state index contributed by atoms with van der Waals surface area (Å²) in [6, 6.07) is 1.76. The molecule has 2 rings (SSSR count). The Hall–Kier alpha value is -1.08. The molecule has 3 nitrogen and oxygen atoms in total. The van der Waals surface area contributed by atoms with Gasteiger partial charge < -0.3 is 9.47 Å². The lowest BCUT2D eigenvalue weighted by atomic mass is 10.2. The fourth-order valence-corrected chi connectivity index (χ4v) is 1.82. The Kier molecular flexibility index (Phi) is 5.00. The molecule has 96 valence electrons. The zero-order valence-electron chi connectivity index (χ0n) is 10.4. The molecule has 1 aliphatic heterocycles. The molecule has 1 aromatic rings. The first-order valence-corrected chi connectivity index (χ1v) is 6.48. The van der Waals surface area contributed by atoms with E-state index in [1.807, 2.05) is 6.92 Å². The van der Waals surface area contributed by atoms with Crippen molar-refractivity contribution in [1.82, 2.24) is 4.98 Å². The molecule has 2 heterocycles. The molecule has 0 spiro atoms. The van der Waals surface area contributed by atoms with Gasteiger partial charge in [-0.05, 0) is 43.7 Å². The van der Waals surface area contributed by atoms with Gasteiger partial charge in [-0.15, -0.1) is 0 Å². The molecule has 0 N–H and O–H groups in total. The highest BCUT2D eigenvalue weighted by molar-refractivity contribution is 6.31. The van der Waals surface area contributed by atoms with E-state index in [1.165, 1.54) is 0 Å². The minimum absolute atomic E-state index is 0.0948. The predicted molar refractivity (Wildman–Crippen MR) is 70.4 cm³/mol. The zero-order chi connectivity index (χ0) is 12.8. The van der Waals surface area contributed by atoms with Crippen LogP contribution in [0.4, 0.5) is 0 Å². The Bertz CT molecular complexity index is 459. The molecule has 1 aromatic heterocycles. The van der Waals surface area contributed by atoms with Crippen LogP contribution in [0.5, 0.6) is 0 Å². The third kappa shape index (κ3) is 3.99. The van der Waals surface area contributed by atoms with Crippen LogP contribution in [-0.2, 0) is 9.47 Å². The first-order chi connectivity index (χ1) is 8.75. The van der Waals surface area contributed by atoms with Crippen molar-refractivity contribution >= 4 is 11.6 Å². The Labute approximate surface area is 112 Å². The lowest BCUT2D eigenvalue weighted by molar-refractivity contribution is -0.154. The van der Waals surface area contributed by atoms with Crippen molar-refractivity contribution in [3.8, 4) is 11.8 Å². The van der Waals surface area contributed by atoms with Gasteiger partial charge in [0.2, 0.25) is 0 Å². The van der Waals surface area contributed by atoms with E-state index in [-0.39, 0.29) is 6.29 Å². The minimum Gasteiger partial charge on any atom is -0.353 e. The fourth-order valence-electron chi connectivity index (χ4n) is 1.67. The van der Waals surface area contributed by atoms with Crippen molar-refractivity contribution in [2.75, 3.05) is 13.2 Å². The van der Waals surface area contributed by atoms with E-state index < -0.39 is 0 Å². The maximum atomic E-state index is 5.99. The van der Waals surface area contributed by atoms with E-state index in [4.69, 9.17) is 21.1 Å². The van der Waals surface area contributed by atoms with Crippen molar-refractivity contribution in [2.45, 2.75) is 32.5 Å². The number of pyridine rings is 1. The third-order valence-electron chi connectivity index (χ3n) is 2.73. The molecular weight excluding hydrogens is 250 g/mol. The lowest BCUT2D eigenvalue weighted by Crippen LogP contribution is -2.22. The number of aryl methyl sites for hydroxylation is 1. The van der Waals surface area contributed by atoms with Crippen molar-refractivity contribution in [3.63, 3.8) is 0 Å². The van der Waals surface area contributed by atoms with Crippen LogP contribution in [0.2, 0.25) is 5.02 Å². The van der Waals surface area contributed by atoms with Crippen molar-refractivity contribution in [2.24, 2.45) is 0 Å². The average Bonchev–Trinajstić information content (AvgIpc) is 2.40. The molecule has 1 saturated heterocycles. The number of hydrogen-bond acceptors (Lipinski definition) is 3. The van der Waals surface area contributed by atoms with E-state index in [2.05, 4.69) is 16.8 Å². The predicted octanol–water partition coefficient (Wildman–Crippen LogP) is 2.94. The summed E-state index contributed by atoms with van der Waals surface area (Å²) in [5, 5.41) is 0.686. The first kappa shape index (κ1) is 13.4. The van der Waals surface area contributed by atoms with E-state index in [1.54, 1.807) is 12.3 Å². The van der Waals surface area contributed by atoms with Crippen molar-refractivity contribution < 1.29 is 9.47 Å². The quantitative estimate of drug-likeness (QED) is 0.771. The Morgan fingerprint density at radius 1 is 1.56 bits per heavy atom. The molecule has 1 atom stereocenters. The SMILES string of the molecule is Cc1cnc(C#CCOC2CCCCO2)cc1Cl. The summed E-state index contributed by atoms with van der Waals surface area (Å²) in [7, 11) is 0. The maximum absolute atomic E-state index is 5.99. The molecule has 0 bridgehead atoms. The minimum atomic E-state index is -0.0948. The van der Waals surface area contributed by atoms with Gasteiger partial charge in [-0.2, -0.15) is 0 Å². The summed E-state index contributed by atoms with van der Waals surface area (Å²) >= 11 is 5.99. The van der Waals surface area contributed by atoms with E-state index in [0.29, 0.717) is 17.3 Å². The van der Waals surface area contributed by atoms with Crippen molar-refractivity contribution in [1.29, 1.82) is 0 Å². The molecule has 0 aromatic carbocycles. The van der Waals surface area contributed by atoms with Gasteiger partial charge in [0.1, 0.15) is 12.3 Å². The zero-order valence-corrected chi connectivity index (χ0v) is 11.2. The Morgan fingerprint density at radius 3 is 3.17 bits per heavy atom. The van der Waals surface area contributed by atoms with Crippen LogP contribution in [0, 0.1) is 18.8 Å². The van der Waals surface area contributed by atoms with E-state index in [9.17, 15) is 0 Å². The van der Waals surface area contributed by atoms with Crippen LogP contribution in [0.15, 0.2) is 12.3 Å². The van der Waals surface area contributed by atoms with Gasteiger partial charge in [0.25, 0.3) is 0 Å². The average molecular weight is 266 g/mol. The number of halogens is 1. The maximum Gasteiger partial charge on any atom is 0.158 e. The molecule has 0 amide bonds. The number of nitrogens with zero attached hydrogens (tertiary/aromatic N) is 1. The van der Waals surface area contributed by atoms with Gasteiger partial charge in [-0.3, -0.25) is 0 Å². The summed E-state index contributed by atoms with van der Waals surface area (Å²) in [5.41, 5.74) is 1.62. The summed E-state index contributed by atoms with van der Waals surface area (Å²) in [5.74, 6) is 5.85. The smallest absolute Gasteiger partial charge is 0.158 e. The monoisotopic (exact) mass is 265 g/mol. The van der Waals surface area contributed by atoms with Crippen LogP contribution in [0.1, 0.15) is 30.5 Å². The molecule has 4 heteroatoms. The normalized spacial score (nSPS) is 19.1. The van der Waals surface area contributed by atoms with Crippen LogP contribution >= 0.6 is 11.6 Å². The summed E-state index contributed by atoms with van der Waals surface area (Å²) in [6.07, 6.45) is 4.86. The summed E-state index contributed by atoms with van der Waals surface area (Å²) < 4.78 is 10.9. The summed E-state index contributed by atoms with van der Waals surface area (Å²) in [6.45, 7) is 3.06. The van der Waals surface area contributed by atoms with Gasteiger partial charge in [-0.25, -0.2) is 4.98 Å². The number of ether oxygens (including phenoxy) is 2. The molecule has 1 aliphatic rings. The van der Waals surface area contributed by atoms with Crippen molar-refractivity contribution in [3.05, 3.63) is 28.5 Å². The van der Waals surface area contributed by atoms with Gasteiger partial charge >= 0.3 is 0 Å². The molecular formula is C14H16ClNO2. The van der Waals surface area contributed by atoms with Crippen LogP contribution < -0.4 is 0 Å². The van der Waals surface area contributed by atoms with Gasteiger partial charge in [0, 0.05) is 17.8 Å². The molecule has 0 aliphatic carbocycles. The Balaban J connectivity index is 1.82. The van der Waals surface area contributed by atoms with Crippen LogP contribution in [0.25, 0.3) is 0 Å².